The van der Waals surface area contributed by atoms with E-state index in [1.165, 1.54) is 22.2 Å². The van der Waals surface area contributed by atoms with Gasteiger partial charge in [0.1, 0.15) is 5.60 Å². The molecule has 5 aliphatic rings. The Morgan fingerprint density at radius 3 is 2.72 bits per heavy atom. The summed E-state index contributed by atoms with van der Waals surface area (Å²) in [5, 5.41) is 12.9. The molecule has 0 amide bonds. The third-order valence-corrected chi connectivity index (χ3v) is 10.1. The van der Waals surface area contributed by atoms with Gasteiger partial charge in [0.15, 0.2) is 17.7 Å². The lowest BCUT2D eigenvalue weighted by Crippen LogP contribution is -2.64. The van der Waals surface area contributed by atoms with Crippen LogP contribution in [0.25, 0.3) is 10.9 Å². The van der Waals surface area contributed by atoms with E-state index in [-0.39, 0.29) is 22.5 Å². The van der Waals surface area contributed by atoms with Crippen LogP contribution in [0.4, 0.5) is 0 Å². The number of nitrogens with one attached hydrogen (secondary N) is 1. The Morgan fingerprint density at radius 1 is 1.12 bits per heavy atom. The Hall–Kier alpha value is -1.95. The predicted molar refractivity (Wildman–Crippen MR) is 120 cm³/mol. The van der Waals surface area contributed by atoms with Crippen LogP contribution in [0.1, 0.15) is 58.2 Å². The SMILES string of the molecule is CC1(C)O[C@@]23CC[C@@]4(C)C(C2=CC(=O)[C@@H]1O3)[C@@H](O)C[C@H]1Cc2c([nH]c3ccccc23)[C@@]14C. The number of H-pyrrole nitrogens is 1. The average molecular weight is 434 g/mol. The zero-order valence-corrected chi connectivity index (χ0v) is 19.2. The van der Waals surface area contributed by atoms with Gasteiger partial charge in [-0.25, -0.2) is 0 Å². The van der Waals surface area contributed by atoms with Crippen molar-refractivity contribution in [2.45, 2.75) is 82.4 Å². The van der Waals surface area contributed by atoms with Crippen LogP contribution in [0, 0.1) is 17.3 Å². The highest BCUT2D eigenvalue weighted by Crippen LogP contribution is 2.70. The molecule has 1 unspecified atom stereocenters. The second-order valence-corrected chi connectivity index (χ2v) is 11.8. The molecule has 2 N–H and O–H groups in total. The quantitative estimate of drug-likeness (QED) is 0.654. The molecule has 2 bridgehead atoms. The van der Waals surface area contributed by atoms with Gasteiger partial charge in [-0.3, -0.25) is 4.79 Å². The molecule has 5 nitrogen and oxygen atoms in total. The predicted octanol–water partition coefficient (Wildman–Crippen LogP) is 4.18. The van der Waals surface area contributed by atoms with Crippen LogP contribution in [-0.4, -0.2) is 39.5 Å². The highest BCUT2D eigenvalue weighted by atomic mass is 16.8. The maximum absolute atomic E-state index is 13.1. The number of carbonyl (C=O) groups excluding carboxylic acids is 1. The Balaban J connectivity index is 1.42. The molecular formula is C27H31NO4. The molecule has 2 aromatic rings. The lowest BCUT2D eigenvalue weighted by Gasteiger charge is -2.63. The standard InChI is InChI=1S/C27H31NO4/c1-24(2)23-20(30)13-17-21-19(29)12-14-11-16-15-7-5-6-8-18(15)28-22(16)26(14,4)25(21,3)9-10-27(17,31-23)32-24/h5-8,13-14,19,21,23,28-29H,9-12H2,1-4H3/t14-,19+,21?,23+,25+,26-,27+/m1/s1. The Morgan fingerprint density at radius 2 is 1.91 bits per heavy atom. The monoisotopic (exact) mass is 433 g/mol. The summed E-state index contributed by atoms with van der Waals surface area (Å²) in [6.07, 6.45) is 4.00. The second kappa shape index (κ2) is 5.57. The average Bonchev–Trinajstić information content (AvgIpc) is 3.31. The molecule has 2 saturated carbocycles. The summed E-state index contributed by atoms with van der Waals surface area (Å²) in [6, 6.07) is 8.56. The number of benzene rings is 1. The van der Waals surface area contributed by atoms with E-state index in [4.69, 9.17) is 9.47 Å². The normalized spacial score (nSPS) is 45.8. The Kier molecular flexibility index (Phi) is 3.40. The summed E-state index contributed by atoms with van der Waals surface area (Å²) in [4.78, 5) is 16.8. The fourth-order valence-corrected chi connectivity index (χ4v) is 8.43. The molecule has 1 aromatic carbocycles. The fourth-order valence-electron chi connectivity index (χ4n) is 8.43. The molecule has 32 heavy (non-hydrogen) atoms. The minimum absolute atomic E-state index is 0.0282. The van der Waals surface area contributed by atoms with Gasteiger partial charge in [-0.1, -0.05) is 32.0 Å². The second-order valence-electron chi connectivity index (χ2n) is 11.8. The van der Waals surface area contributed by atoms with Gasteiger partial charge >= 0.3 is 0 Å². The maximum atomic E-state index is 13.1. The number of aliphatic hydroxyl groups excluding tert-OH is 1. The van der Waals surface area contributed by atoms with Gasteiger partial charge < -0.3 is 19.6 Å². The first kappa shape index (κ1) is 19.5. The molecule has 1 spiro atoms. The van der Waals surface area contributed by atoms with Crippen molar-refractivity contribution in [2.75, 3.05) is 0 Å². The molecule has 3 aliphatic carbocycles. The van der Waals surface area contributed by atoms with Crippen LogP contribution in [0.2, 0.25) is 0 Å². The van der Waals surface area contributed by atoms with Gasteiger partial charge in [0.05, 0.1) is 6.10 Å². The number of aromatic nitrogens is 1. The number of fused-ring (bicyclic) bond motifs is 9. The first-order valence-electron chi connectivity index (χ1n) is 12.0. The molecule has 3 heterocycles. The smallest absolute Gasteiger partial charge is 0.193 e. The van der Waals surface area contributed by atoms with E-state index in [0.29, 0.717) is 12.3 Å². The fraction of sp³-hybridized carbons (Fsp3) is 0.593. The summed E-state index contributed by atoms with van der Waals surface area (Å²) >= 11 is 0. The van der Waals surface area contributed by atoms with Crippen LogP contribution in [0.5, 0.6) is 0 Å². The molecule has 3 fully saturated rings. The van der Waals surface area contributed by atoms with E-state index >= 15 is 0 Å². The van der Waals surface area contributed by atoms with Gasteiger partial charge in [0.25, 0.3) is 0 Å². The van der Waals surface area contributed by atoms with Crippen molar-refractivity contribution in [2.24, 2.45) is 17.3 Å². The van der Waals surface area contributed by atoms with E-state index < -0.39 is 23.6 Å². The summed E-state index contributed by atoms with van der Waals surface area (Å²) < 4.78 is 12.9. The van der Waals surface area contributed by atoms with E-state index in [1.807, 2.05) is 13.8 Å². The van der Waals surface area contributed by atoms with Crippen LogP contribution < -0.4 is 0 Å². The van der Waals surface area contributed by atoms with Gasteiger partial charge in [-0.05, 0) is 67.7 Å². The third kappa shape index (κ3) is 1.97. The third-order valence-electron chi connectivity index (χ3n) is 10.1. The molecule has 168 valence electrons. The van der Waals surface area contributed by atoms with Crippen molar-refractivity contribution in [3.05, 3.63) is 47.2 Å². The number of aromatic amines is 1. The highest BCUT2D eigenvalue weighted by molar-refractivity contribution is 5.97. The summed E-state index contributed by atoms with van der Waals surface area (Å²) in [6.45, 7) is 8.61. The number of ketones is 1. The van der Waals surface area contributed by atoms with Crippen LogP contribution >= 0.6 is 0 Å². The van der Waals surface area contributed by atoms with Crippen molar-refractivity contribution >= 4 is 16.7 Å². The Labute approximate surface area is 188 Å². The first-order valence-corrected chi connectivity index (χ1v) is 12.0. The van der Waals surface area contributed by atoms with Crippen molar-refractivity contribution in [3.63, 3.8) is 0 Å². The molecule has 1 saturated heterocycles. The number of para-hydroxylation sites is 1. The van der Waals surface area contributed by atoms with E-state index in [1.54, 1.807) is 6.08 Å². The van der Waals surface area contributed by atoms with Crippen LogP contribution in [-0.2, 0) is 26.1 Å². The van der Waals surface area contributed by atoms with Gasteiger partial charge in [0.2, 0.25) is 0 Å². The minimum atomic E-state index is -0.877. The topological polar surface area (TPSA) is 71.6 Å². The summed E-state index contributed by atoms with van der Waals surface area (Å²) in [5.41, 5.74) is 3.79. The van der Waals surface area contributed by atoms with E-state index in [2.05, 4.69) is 43.1 Å². The molecule has 0 radical (unpaired) electrons. The minimum Gasteiger partial charge on any atom is -0.392 e. The molecule has 1 aromatic heterocycles. The van der Waals surface area contributed by atoms with Gasteiger partial charge in [-0.15, -0.1) is 0 Å². The van der Waals surface area contributed by atoms with Crippen molar-refractivity contribution in [1.29, 1.82) is 0 Å². The molecular weight excluding hydrogens is 402 g/mol. The number of carbonyl (C=O) groups is 1. The zero-order valence-electron chi connectivity index (χ0n) is 19.2. The number of rotatable bonds is 0. The number of hydrogen-bond acceptors (Lipinski definition) is 4. The van der Waals surface area contributed by atoms with E-state index in [0.717, 1.165) is 24.8 Å². The van der Waals surface area contributed by atoms with Crippen LogP contribution in [0.3, 0.4) is 0 Å². The van der Waals surface area contributed by atoms with Crippen LogP contribution in [0.15, 0.2) is 35.9 Å². The van der Waals surface area contributed by atoms with Crippen molar-refractivity contribution in [1.82, 2.24) is 4.98 Å². The first-order chi connectivity index (χ1) is 15.1. The lowest BCUT2D eigenvalue weighted by atomic mass is 9.43. The highest BCUT2D eigenvalue weighted by Gasteiger charge is 2.71. The summed E-state index contributed by atoms with van der Waals surface area (Å²) in [7, 11) is 0. The molecule has 2 aliphatic heterocycles. The number of ether oxygens (including phenoxy) is 2. The number of hydrogen-bond donors (Lipinski definition) is 2. The van der Waals surface area contributed by atoms with Gasteiger partial charge in [-0.2, -0.15) is 0 Å². The van der Waals surface area contributed by atoms with Crippen molar-refractivity contribution in [3.8, 4) is 0 Å². The molecule has 7 rings (SSSR count). The zero-order chi connectivity index (χ0) is 22.3. The van der Waals surface area contributed by atoms with Crippen molar-refractivity contribution < 1.29 is 19.4 Å². The van der Waals surface area contributed by atoms with E-state index in [9.17, 15) is 9.90 Å². The Bertz CT molecular complexity index is 1230. The number of aliphatic hydroxyl groups is 1. The summed E-state index contributed by atoms with van der Waals surface area (Å²) in [5.74, 6) is -0.709. The lowest BCUT2D eigenvalue weighted by molar-refractivity contribution is -0.218. The molecule has 7 atom stereocenters. The largest absolute Gasteiger partial charge is 0.392 e. The maximum Gasteiger partial charge on any atom is 0.193 e. The molecule has 5 heteroatoms. The van der Waals surface area contributed by atoms with Gasteiger partial charge in [0, 0.05) is 34.4 Å².